The minimum absolute atomic E-state index is 0.176. The lowest BCUT2D eigenvalue weighted by molar-refractivity contribution is -0.0136. The summed E-state index contributed by atoms with van der Waals surface area (Å²) < 4.78 is 26.9. The maximum absolute atomic E-state index is 12.6. The van der Waals surface area contributed by atoms with Crippen LogP contribution in [0.4, 0.5) is 0 Å². The molecule has 4 saturated carbocycles. The Morgan fingerprint density at radius 2 is 1.62 bits per heavy atom. The van der Waals surface area contributed by atoms with Crippen molar-refractivity contribution in [3.63, 3.8) is 0 Å². The van der Waals surface area contributed by atoms with Crippen LogP contribution in [0.1, 0.15) is 72.6 Å². The molecule has 0 atom stereocenters. The lowest BCUT2D eigenvalue weighted by atomic mass is 9.54. The smallest absolute Gasteiger partial charge is 0.214 e. The van der Waals surface area contributed by atoms with Crippen LogP contribution in [-0.4, -0.2) is 44.2 Å². The van der Waals surface area contributed by atoms with Crippen molar-refractivity contribution in [1.29, 1.82) is 0 Å². The SMILES string of the molecule is CCS(=O)(=O)N(C/C=C(\C)CCC=C(C)C)CCNC1C2CC3CC(C2)CC1C3. The third-order valence-electron chi connectivity index (χ3n) is 7.46. The van der Waals surface area contributed by atoms with Crippen molar-refractivity contribution >= 4 is 10.0 Å². The highest BCUT2D eigenvalue weighted by Crippen LogP contribution is 2.53. The fraction of sp³-hybridized carbons (Fsp3) is 0.833. The summed E-state index contributed by atoms with van der Waals surface area (Å²) in [6, 6.07) is 0.621. The molecule has 4 nitrogen and oxygen atoms in total. The van der Waals surface area contributed by atoms with Crippen molar-refractivity contribution in [3.8, 4) is 0 Å². The third kappa shape index (κ3) is 6.18. The molecule has 0 saturated heterocycles. The Balaban J connectivity index is 1.51. The summed E-state index contributed by atoms with van der Waals surface area (Å²) in [7, 11) is -3.18. The zero-order chi connectivity index (χ0) is 21.0. The molecule has 0 aliphatic heterocycles. The highest BCUT2D eigenvalue weighted by atomic mass is 32.2. The van der Waals surface area contributed by atoms with Gasteiger partial charge in [-0.15, -0.1) is 0 Å². The maximum atomic E-state index is 12.6. The van der Waals surface area contributed by atoms with Crippen molar-refractivity contribution < 1.29 is 8.42 Å². The Hall–Kier alpha value is -0.650. The van der Waals surface area contributed by atoms with Crippen LogP contribution in [0.3, 0.4) is 0 Å². The van der Waals surface area contributed by atoms with Gasteiger partial charge < -0.3 is 5.32 Å². The lowest BCUT2D eigenvalue weighted by Gasteiger charge is -2.54. The van der Waals surface area contributed by atoms with E-state index in [4.69, 9.17) is 0 Å². The number of hydrogen-bond acceptors (Lipinski definition) is 3. The molecule has 5 heteroatoms. The van der Waals surface area contributed by atoms with Crippen LogP contribution in [0.5, 0.6) is 0 Å². The van der Waals surface area contributed by atoms with Crippen LogP contribution >= 0.6 is 0 Å². The summed E-state index contributed by atoms with van der Waals surface area (Å²) in [6.07, 6.45) is 13.4. The molecular formula is C24H42N2O2S. The summed E-state index contributed by atoms with van der Waals surface area (Å²) in [6.45, 7) is 9.95. The average Bonchev–Trinajstić information content (AvgIpc) is 2.65. The Bertz CT molecular complexity index is 678. The summed E-state index contributed by atoms with van der Waals surface area (Å²) in [5.41, 5.74) is 2.61. The summed E-state index contributed by atoms with van der Waals surface area (Å²) >= 11 is 0. The first-order valence-corrected chi connectivity index (χ1v) is 13.4. The van der Waals surface area contributed by atoms with E-state index in [1.165, 1.54) is 43.3 Å². The summed E-state index contributed by atoms with van der Waals surface area (Å²) in [4.78, 5) is 0. The molecular weight excluding hydrogens is 380 g/mol. The molecule has 0 aromatic carbocycles. The van der Waals surface area contributed by atoms with Crippen LogP contribution < -0.4 is 5.32 Å². The van der Waals surface area contributed by atoms with E-state index in [2.05, 4.69) is 38.2 Å². The van der Waals surface area contributed by atoms with Gasteiger partial charge in [-0.2, -0.15) is 4.31 Å². The van der Waals surface area contributed by atoms with E-state index in [1.54, 1.807) is 11.2 Å². The number of rotatable bonds is 11. The topological polar surface area (TPSA) is 49.4 Å². The molecule has 4 fully saturated rings. The van der Waals surface area contributed by atoms with Gasteiger partial charge in [-0.05, 0) is 96.3 Å². The van der Waals surface area contributed by atoms with Crippen LogP contribution in [0, 0.1) is 23.7 Å². The molecule has 0 amide bonds. The van der Waals surface area contributed by atoms with Gasteiger partial charge in [0.15, 0.2) is 0 Å². The molecule has 0 aromatic rings. The molecule has 4 rings (SSSR count). The Morgan fingerprint density at radius 3 is 2.17 bits per heavy atom. The largest absolute Gasteiger partial charge is 0.312 e. The van der Waals surface area contributed by atoms with Crippen molar-refractivity contribution in [3.05, 3.63) is 23.3 Å². The van der Waals surface area contributed by atoms with Crippen LogP contribution in [0.15, 0.2) is 23.3 Å². The van der Waals surface area contributed by atoms with E-state index >= 15 is 0 Å². The number of nitrogens with one attached hydrogen (secondary N) is 1. The lowest BCUT2D eigenvalue weighted by Crippen LogP contribution is -2.55. The molecule has 166 valence electrons. The molecule has 0 heterocycles. The Kier molecular flexibility index (Phi) is 8.02. The summed E-state index contributed by atoms with van der Waals surface area (Å²) in [5.74, 6) is 3.80. The molecule has 0 aromatic heterocycles. The third-order valence-corrected chi connectivity index (χ3v) is 9.31. The first kappa shape index (κ1) is 23.0. The fourth-order valence-electron chi connectivity index (χ4n) is 6.09. The first-order chi connectivity index (χ1) is 13.8. The highest BCUT2D eigenvalue weighted by molar-refractivity contribution is 7.89. The number of hydrogen-bond donors (Lipinski definition) is 1. The fourth-order valence-corrected chi connectivity index (χ4v) is 7.13. The van der Waals surface area contributed by atoms with Gasteiger partial charge in [0.2, 0.25) is 10.0 Å². The van der Waals surface area contributed by atoms with Crippen molar-refractivity contribution in [2.75, 3.05) is 25.4 Å². The normalized spacial score (nSPS) is 31.5. The van der Waals surface area contributed by atoms with Crippen molar-refractivity contribution in [1.82, 2.24) is 9.62 Å². The van der Waals surface area contributed by atoms with Gasteiger partial charge in [0, 0.05) is 25.7 Å². The molecule has 0 unspecified atom stereocenters. The standard InChI is InChI=1S/C24H42N2O2S/c1-5-29(27,28)26(11-9-19(4)8-6-7-18(2)3)12-10-25-24-22-14-20-13-21(16-22)17-23(24)15-20/h7,9,20-25H,5-6,8,10-17H2,1-4H3/b19-9+. The zero-order valence-corrected chi connectivity index (χ0v) is 19.8. The van der Waals surface area contributed by atoms with E-state index in [-0.39, 0.29) is 5.75 Å². The monoisotopic (exact) mass is 422 g/mol. The Labute approximate surface area is 179 Å². The van der Waals surface area contributed by atoms with E-state index in [0.717, 1.165) is 43.1 Å². The number of allylic oxidation sites excluding steroid dienone is 3. The second kappa shape index (κ2) is 10.1. The predicted octanol–water partition coefficient (Wildman–Crippen LogP) is 4.75. The van der Waals surface area contributed by atoms with Gasteiger partial charge in [0.1, 0.15) is 0 Å². The van der Waals surface area contributed by atoms with E-state index in [9.17, 15) is 8.42 Å². The van der Waals surface area contributed by atoms with Crippen molar-refractivity contribution in [2.45, 2.75) is 78.7 Å². The quantitative estimate of drug-likeness (QED) is 0.489. The van der Waals surface area contributed by atoms with Gasteiger partial charge in [0.25, 0.3) is 0 Å². The maximum Gasteiger partial charge on any atom is 0.214 e. The van der Waals surface area contributed by atoms with Crippen molar-refractivity contribution in [2.24, 2.45) is 23.7 Å². The van der Waals surface area contributed by atoms with E-state index < -0.39 is 10.0 Å². The first-order valence-electron chi connectivity index (χ1n) is 11.8. The molecule has 4 bridgehead atoms. The molecule has 4 aliphatic carbocycles. The van der Waals surface area contributed by atoms with Crippen LogP contribution in [0.2, 0.25) is 0 Å². The van der Waals surface area contributed by atoms with Gasteiger partial charge >= 0.3 is 0 Å². The molecule has 0 spiro atoms. The number of sulfonamides is 1. The number of nitrogens with zero attached hydrogens (tertiary/aromatic N) is 1. The van der Waals surface area contributed by atoms with Gasteiger partial charge in [0.05, 0.1) is 5.75 Å². The zero-order valence-electron chi connectivity index (χ0n) is 19.0. The van der Waals surface area contributed by atoms with Gasteiger partial charge in [-0.25, -0.2) is 8.42 Å². The molecule has 0 radical (unpaired) electrons. The van der Waals surface area contributed by atoms with Crippen LogP contribution in [0.25, 0.3) is 0 Å². The second-order valence-corrected chi connectivity index (χ2v) is 12.3. The predicted molar refractivity (Wildman–Crippen MR) is 122 cm³/mol. The summed E-state index contributed by atoms with van der Waals surface area (Å²) in [5, 5.41) is 3.79. The van der Waals surface area contributed by atoms with Gasteiger partial charge in [-0.1, -0.05) is 23.3 Å². The average molecular weight is 423 g/mol. The molecule has 29 heavy (non-hydrogen) atoms. The molecule has 4 aliphatic rings. The van der Waals surface area contributed by atoms with Crippen LogP contribution in [-0.2, 0) is 10.0 Å². The Morgan fingerprint density at radius 1 is 1.00 bits per heavy atom. The minimum Gasteiger partial charge on any atom is -0.312 e. The van der Waals surface area contributed by atoms with E-state index in [0.29, 0.717) is 19.1 Å². The molecule has 1 N–H and O–H groups in total. The minimum atomic E-state index is -3.18. The second-order valence-electron chi connectivity index (χ2n) is 10.0. The van der Waals surface area contributed by atoms with Gasteiger partial charge in [-0.3, -0.25) is 0 Å². The highest BCUT2D eigenvalue weighted by Gasteiger charge is 2.47. The van der Waals surface area contributed by atoms with E-state index in [1.807, 2.05) is 0 Å².